The van der Waals surface area contributed by atoms with Gasteiger partial charge in [-0.05, 0) is 30.5 Å². The van der Waals surface area contributed by atoms with E-state index in [0.29, 0.717) is 0 Å². The van der Waals surface area contributed by atoms with Crippen LogP contribution < -0.4 is 10.7 Å². The molecule has 2 amide bonds. The highest BCUT2D eigenvalue weighted by Gasteiger charge is 2.01. The highest BCUT2D eigenvalue weighted by molar-refractivity contribution is 5.94. The molecule has 5 heteroatoms. The zero-order chi connectivity index (χ0) is 13.5. The molecule has 0 radical (unpaired) electrons. The van der Waals surface area contributed by atoms with Gasteiger partial charge < -0.3 is 5.32 Å². The quantitative estimate of drug-likeness (QED) is 0.866. The number of anilines is 1. The van der Waals surface area contributed by atoms with Crippen molar-refractivity contribution >= 4 is 11.7 Å². The average molecular weight is 258 g/mol. The summed E-state index contributed by atoms with van der Waals surface area (Å²) in [5, 5.41) is 2.76. The number of hydrogen-bond donors (Lipinski definition) is 2. The molecule has 2 N–H and O–H groups in total. The number of carbonyl (C=O) groups is 1. The lowest BCUT2D eigenvalue weighted by Gasteiger charge is -2.08. The second-order valence-corrected chi connectivity index (χ2v) is 4.34. The van der Waals surface area contributed by atoms with E-state index in [0.717, 1.165) is 12.1 Å². The van der Waals surface area contributed by atoms with Crippen LogP contribution in [0.4, 0.5) is 10.5 Å². The van der Waals surface area contributed by atoms with Crippen LogP contribution in [-0.4, -0.2) is 15.7 Å². The second-order valence-electron chi connectivity index (χ2n) is 4.34. The minimum atomic E-state index is -0.292. The number of aromatic nitrogens is 2. The summed E-state index contributed by atoms with van der Waals surface area (Å²) in [4.78, 5) is 15.5. The molecule has 0 unspecified atom stereocenters. The van der Waals surface area contributed by atoms with Crippen LogP contribution in [0.15, 0.2) is 43.0 Å². The van der Waals surface area contributed by atoms with E-state index >= 15 is 0 Å². The fourth-order valence-corrected chi connectivity index (χ4v) is 1.74. The minimum absolute atomic E-state index is 0.292. The molecule has 0 bridgehead atoms. The van der Waals surface area contributed by atoms with Gasteiger partial charge >= 0.3 is 6.03 Å². The average Bonchev–Trinajstić information content (AvgIpc) is 2.90. The maximum Gasteiger partial charge on any atom is 0.338 e. The molecular formula is C14H18N4O. The molecular weight excluding hydrogens is 240 g/mol. The molecule has 0 fully saturated rings. The topological polar surface area (TPSA) is 59.0 Å². The van der Waals surface area contributed by atoms with Gasteiger partial charge in [0.2, 0.25) is 0 Å². The summed E-state index contributed by atoms with van der Waals surface area (Å²) in [6.45, 7) is 2.18. The molecule has 0 atom stereocenters. The van der Waals surface area contributed by atoms with Crippen LogP contribution in [-0.2, 0) is 6.42 Å². The van der Waals surface area contributed by atoms with E-state index in [1.54, 1.807) is 12.4 Å². The van der Waals surface area contributed by atoms with Crippen molar-refractivity contribution in [2.45, 2.75) is 26.2 Å². The Bertz CT molecular complexity index is 505. The van der Waals surface area contributed by atoms with Crippen molar-refractivity contribution in [1.29, 1.82) is 0 Å². The Morgan fingerprint density at radius 2 is 2.11 bits per heavy atom. The van der Waals surface area contributed by atoms with E-state index in [9.17, 15) is 4.79 Å². The predicted octanol–water partition coefficient (Wildman–Crippen LogP) is 3.00. The molecule has 0 saturated carbocycles. The lowest BCUT2D eigenvalue weighted by Crippen LogP contribution is -2.26. The highest BCUT2D eigenvalue weighted by Crippen LogP contribution is 2.11. The Hall–Kier alpha value is -2.30. The summed E-state index contributed by atoms with van der Waals surface area (Å²) < 4.78 is 1.49. The van der Waals surface area contributed by atoms with E-state index in [1.807, 2.05) is 24.3 Å². The van der Waals surface area contributed by atoms with Crippen LogP contribution in [0, 0.1) is 0 Å². The number of nitrogens with zero attached hydrogens (tertiary/aromatic N) is 2. The predicted molar refractivity (Wildman–Crippen MR) is 75.7 cm³/mol. The number of hydrogen-bond acceptors (Lipinski definition) is 2. The monoisotopic (exact) mass is 258 g/mol. The normalized spacial score (nSPS) is 10.2. The Morgan fingerprint density at radius 3 is 2.74 bits per heavy atom. The number of unbranched alkanes of at least 4 members (excludes halogenated alkanes) is 1. The molecule has 19 heavy (non-hydrogen) atoms. The van der Waals surface area contributed by atoms with Gasteiger partial charge in [0.1, 0.15) is 6.33 Å². The van der Waals surface area contributed by atoms with Gasteiger partial charge in [-0.3, -0.25) is 0 Å². The smallest absolute Gasteiger partial charge is 0.307 e. The number of imidazole rings is 1. The molecule has 0 aliphatic heterocycles. The van der Waals surface area contributed by atoms with Crippen LogP contribution in [0.3, 0.4) is 0 Å². The number of benzene rings is 1. The maximum absolute atomic E-state index is 11.7. The summed E-state index contributed by atoms with van der Waals surface area (Å²) in [7, 11) is 0. The summed E-state index contributed by atoms with van der Waals surface area (Å²) in [6.07, 6.45) is 8.24. The molecule has 2 rings (SSSR count). The number of urea groups is 1. The van der Waals surface area contributed by atoms with Gasteiger partial charge in [-0.15, -0.1) is 0 Å². The standard InChI is InChI=1S/C14H18N4O/c1-2-3-4-12-5-7-13(8-6-12)16-14(19)17-18-10-9-15-11-18/h5-11H,2-4H2,1H3,(H2,16,17,19). The van der Waals surface area contributed by atoms with Crippen molar-refractivity contribution in [3.63, 3.8) is 0 Å². The zero-order valence-electron chi connectivity index (χ0n) is 11.0. The maximum atomic E-state index is 11.7. The molecule has 1 aromatic heterocycles. The first-order chi connectivity index (χ1) is 9.28. The zero-order valence-corrected chi connectivity index (χ0v) is 11.0. The first-order valence-electron chi connectivity index (χ1n) is 6.43. The summed E-state index contributed by atoms with van der Waals surface area (Å²) >= 11 is 0. The number of amides is 2. The van der Waals surface area contributed by atoms with Crippen molar-refractivity contribution in [3.8, 4) is 0 Å². The molecule has 0 aliphatic rings. The Kier molecular flexibility index (Phi) is 4.55. The molecule has 0 spiro atoms. The molecule has 5 nitrogen and oxygen atoms in total. The summed E-state index contributed by atoms with van der Waals surface area (Å²) in [6, 6.07) is 7.63. The van der Waals surface area contributed by atoms with Gasteiger partial charge in [-0.25, -0.2) is 19.9 Å². The third-order valence-electron chi connectivity index (χ3n) is 2.77. The molecule has 2 aromatic rings. The van der Waals surface area contributed by atoms with Crippen molar-refractivity contribution in [1.82, 2.24) is 9.66 Å². The van der Waals surface area contributed by atoms with Crippen LogP contribution in [0.5, 0.6) is 0 Å². The van der Waals surface area contributed by atoms with Gasteiger partial charge in [-0.2, -0.15) is 0 Å². The lowest BCUT2D eigenvalue weighted by molar-refractivity contribution is 0.260. The van der Waals surface area contributed by atoms with Crippen LogP contribution in [0.25, 0.3) is 0 Å². The van der Waals surface area contributed by atoms with Gasteiger partial charge in [0, 0.05) is 18.1 Å². The van der Waals surface area contributed by atoms with E-state index in [2.05, 4.69) is 22.7 Å². The van der Waals surface area contributed by atoms with Crippen LogP contribution in [0.2, 0.25) is 0 Å². The van der Waals surface area contributed by atoms with Gasteiger partial charge in [0.05, 0.1) is 0 Å². The molecule has 0 saturated heterocycles. The van der Waals surface area contributed by atoms with Crippen LogP contribution in [0.1, 0.15) is 25.3 Å². The third kappa shape index (κ3) is 4.13. The number of rotatable bonds is 5. The first-order valence-corrected chi connectivity index (χ1v) is 6.43. The van der Waals surface area contributed by atoms with E-state index in [-0.39, 0.29) is 6.03 Å². The Balaban J connectivity index is 1.86. The fraction of sp³-hybridized carbons (Fsp3) is 0.286. The van der Waals surface area contributed by atoms with Crippen molar-refractivity contribution < 1.29 is 4.79 Å². The van der Waals surface area contributed by atoms with E-state index in [1.165, 1.54) is 29.4 Å². The van der Waals surface area contributed by atoms with Gasteiger partial charge in [-0.1, -0.05) is 25.5 Å². The van der Waals surface area contributed by atoms with Crippen LogP contribution >= 0.6 is 0 Å². The number of nitrogens with one attached hydrogen (secondary N) is 2. The summed E-state index contributed by atoms with van der Waals surface area (Å²) in [5.74, 6) is 0. The van der Waals surface area contributed by atoms with Crippen molar-refractivity contribution in [3.05, 3.63) is 48.5 Å². The SMILES string of the molecule is CCCCc1ccc(NC(=O)Nn2ccnc2)cc1. The van der Waals surface area contributed by atoms with Gasteiger partial charge in [0.25, 0.3) is 0 Å². The van der Waals surface area contributed by atoms with Crippen molar-refractivity contribution in [2.75, 3.05) is 10.7 Å². The van der Waals surface area contributed by atoms with E-state index in [4.69, 9.17) is 0 Å². The molecule has 0 aliphatic carbocycles. The molecule has 1 aromatic carbocycles. The number of carbonyl (C=O) groups excluding carboxylic acids is 1. The highest BCUT2D eigenvalue weighted by atomic mass is 16.2. The fourth-order valence-electron chi connectivity index (χ4n) is 1.74. The van der Waals surface area contributed by atoms with E-state index < -0.39 is 0 Å². The largest absolute Gasteiger partial charge is 0.338 e. The molecule has 1 heterocycles. The van der Waals surface area contributed by atoms with Crippen molar-refractivity contribution in [2.24, 2.45) is 0 Å². The Labute approximate surface area is 112 Å². The third-order valence-corrected chi connectivity index (χ3v) is 2.77. The molecule has 100 valence electrons. The lowest BCUT2D eigenvalue weighted by atomic mass is 10.1. The number of aryl methyl sites for hydroxylation is 1. The summed E-state index contributed by atoms with van der Waals surface area (Å²) in [5.41, 5.74) is 4.69. The Morgan fingerprint density at radius 1 is 1.32 bits per heavy atom. The van der Waals surface area contributed by atoms with Gasteiger partial charge in [0.15, 0.2) is 0 Å². The minimum Gasteiger partial charge on any atom is -0.307 e. The second kappa shape index (κ2) is 6.58. The first kappa shape index (κ1) is 13.1.